The molecule has 1 aliphatic carbocycles. The largest absolute Gasteiger partial charge is 0.435 e. The van der Waals surface area contributed by atoms with E-state index in [4.69, 9.17) is 0 Å². The number of rotatable bonds is 5. The third-order valence-corrected chi connectivity index (χ3v) is 4.34. The van der Waals surface area contributed by atoms with Crippen LogP contribution in [0.15, 0.2) is 36.8 Å². The van der Waals surface area contributed by atoms with Gasteiger partial charge >= 0.3 is 6.61 Å². The molecule has 2 atom stereocenters. The standard InChI is InChI=1S/C16H23F2NO/c1-6-11(20-15(17)18)7-10(2)19-8-12-13(9-19)14(12)16(3,4)5/h6-7,12-15H,1-2,8-9H2,3-5H3/b11-7+. The van der Waals surface area contributed by atoms with E-state index in [1.54, 1.807) is 0 Å². The van der Waals surface area contributed by atoms with Gasteiger partial charge in [0.25, 0.3) is 0 Å². The van der Waals surface area contributed by atoms with Crippen molar-refractivity contribution in [2.45, 2.75) is 27.4 Å². The van der Waals surface area contributed by atoms with E-state index in [0.717, 1.165) is 24.7 Å². The molecule has 0 aromatic heterocycles. The highest BCUT2D eigenvalue weighted by molar-refractivity contribution is 5.25. The van der Waals surface area contributed by atoms with Crippen LogP contribution < -0.4 is 0 Å². The van der Waals surface area contributed by atoms with Gasteiger partial charge < -0.3 is 9.64 Å². The molecule has 4 heteroatoms. The number of ether oxygens (including phenoxy) is 1. The van der Waals surface area contributed by atoms with Crippen molar-refractivity contribution in [1.29, 1.82) is 0 Å². The summed E-state index contributed by atoms with van der Waals surface area (Å²) in [6.07, 6.45) is 2.82. The van der Waals surface area contributed by atoms with E-state index in [-0.39, 0.29) is 5.76 Å². The summed E-state index contributed by atoms with van der Waals surface area (Å²) in [7, 11) is 0. The van der Waals surface area contributed by atoms with Gasteiger partial charge in [0, 0.05) is 24.9 Å². The van der Waals surface area contributed by atoms with Gasteiger partial charge in [0.2, 0.25) is 0 Å². The van der Waals surface area contributed by atoms with Crippen molar-refractivity contribution in [1.82, 2.24) is 4.90 Å². The fourth-order valence-corrected chi connectivity index (χ4v) is 3.54. The SMILES string of the molecule is C=C/C(=C\C(=C)N1CC2C(C1)C2C(C)(C)C)OC(F)F. The molecule has 1 saturated carbocycles. The number of piperidine rings is 1. The van der Waals surface area contributed by atoms with Gasteiger partial charge in [0.15, 0.2) is 0 Å². The summed E-state index contributed by atoms with van der Waals surface area (Å²) in [4.78, 5) is 2.15. The molecule has 2 aliphatic rings. The summed E-state index contributed by atoms with van der Waals surface area (Å²) in [5.41, 5.74) is 1.07. The number of allylic oxidation sites excluding steroid dienone is 2. The van der Waals surface area contributed by atoms with Crippen LogP contribution in [-0.4, -0.2) is 24.6 Å². The van der Waals surface area contributed by atoms with Gasteiger partial charge in [0.05, 0.1) is 0 Å². The lowest BCUT2D eigenvalue weighted by molar-refractivity contribution is -0.0921. The molecule has 1 heterocycles. The van der Waals surface area contributed by atoms with Gasteiger partial charge in [-0.1, -0.05) is 33.9 Å². The van der Waals surface area contributed by atoms with E-state index in [1.807, 2.05) is 0 Å². The zero-order valence-corrected chi connectivity index (χ0v) is 12.4. The van der Waals surface area contributed by atoms with E-state index >= 15 is 0 Å². The number of hydrogen-bond acceptors (Lipinski definition) is 2. The van der Waals surface area contributed by atoms with E-state index < -0.39 is 6.61 Å². The molecule has 0 radical (unpaired) electrons. The van der Waals surface area contributed by atoms with Crippen molar-refractivity contribution in [3.63, 3.8) is 0 Å². The molecule has 0 spiro atoms. The third kappa shape index (κ3) is 3.05. The molecule has 0 bridgehead atoms. The van der Waals surface area contributed by atoms with Crippen molar-refractivity contribution >= 4 is 0 Å². The maximum atomic E-state index is 12.2. The molecule has 2 fully saturated rings. The normalized spacial score (nSPS) is 29.4. The Morgan fingerprint density at radius 2 is 1.85 bits per heavy atom. The van der Waals surface area contributed by atoms with Gasteiger partial charge in [-0.15, -0.1) is 0 Å². The fraction of sp³-hybridized carbons (Fsp3) is 0.625. The van der Waals surface area contributed by atoms with Crippen molar-refractivity contribution in [2.75, 3.05) is 13.1 Å². The molecule has 20 heavy (non-hydrogen) atoms. The molecule has 0 amide bonds. The molecule has 1 saturated heterocycles. The average molecular weight is 283 g/mol. The first-order valence-corrected chi connectivity index (χ1v) is 6.97. The Bertz CT molecular complexity index is 424. The Labute approximate surface area is 119 Å². The fourth-order valence-electron chi connectivity index (χ4n) is 3.54. The topological polar surface area (TPSA) is 12.5 Å². The van der Waals surface area contributed by atoms with Gasteiger partial charge in [0.1, 0.15) is 5.76 Å². The predicted octanol–water partition coefficient (Wildman–Crippen LogP) is 4.03. The van der Waals surface area contributed by atoms with E-state index in [0.29, 0.717) is 17.3 Å². The second-order valence-electron chi connectivity index (χ2n) is 6.75. The number of fused-ring (bicyclic) bond motifs is 1. The molecule has 0 aromatic carbocycles. The Morgan fingerprint density at radius 1 is 1.30 bits per heavy atom. The van der Waals surface area contributed by atoms with Crippen LogP contribution in [0.3, 0.4) is 0 Å². The van der Waals surface area contributed by atoms with Crippen LogP contribution in [0.5, 0.6) is 0 Å². The second-order valence-corrected chi connectivity index (χ2v) is 6.75. The molecular weight excluding hydrogens is 260 g/mol. The number of halogens is 2. The van der Waals surface area contributed by atoms with Crippen LogP contribution in [0.4, 0.5) is 8.78 Å². The molecule has 112 valence electrons. The number of hydrogen-bond donors (Lipinski definition) is 0. The number of alkyl halides is 2. The van der Waals surface area contributed by atoms with Gasteiger partial charge in [-0.3, -0.25) is 0 Å². The summed E-state index contributed by atoms with van der Waals surface area (Å²) < 4.78 is 28.8. The van der Waals surface area contributed by atoms with Crippen molar-refractivity contribution < 1.29 is 13.5 Å². The highest BCUT2D eigenvalue weighted by Crippen LogP contribution is 2.60. The maximum Gasteiger partial charge on any atom is 0.387 e. The van der Waals surface area contributed by atoms with Crippen LogP contribution in [0.1, 0.15) is 20.8 Å². The predicted molar refractivity (Wildman–Crippen MR) is 76.0 cm³/mol. The zero-order chi connectivity index (χ0) is 15.1. The van der Waals surface area contributed by atoms with Gasteiger partial charge in [-0.05, 0) is 29.2 Å². The third-order valence-electron chi connectivity index (χ3n) is 4.34. The molecular formula is C16H23F2NO. The minimum absolute atomic E-state index is 0.0675. The highest BCUT2D eigenvalue weighted by atomic mass is 19.3. The molecule has 1 aliphatic heterocycles. The summed E-state index contributed by atoms with van der Waals surface area (Å²) in [6.45, 7) is 13.4. The molecule has 2 nitrogen and oxygen atoms in total. The van der Waals surface area contributed by atoms with Crippen molar-refractivity contribution in [3.05, 3.63) is 36.8 Å². The average Bonchev–Trinajstić information content (AvgIpc) is 2.85. The van der Waals surface area contributed by atoms with Crippen LogP contribution >= 0.6 is 0 Å². The summed E-state index contributed by atoms with van der Waals surface area (Å²) in [5, 5.41) is 0. The number of likely N-dealkylation sites (tertiary alicyclic amines) is 1. The monoisotopic (exact) mass is 283 g/mol. The first-order chi connectivity index (χ1) is 9.24. The lowest BCUT2D eigenvalue weighted by atomic mass is 9.87. The summed E-state index contributed by atoms with van der Waals surface area (Å²) in [6, 6.07) is 0. The molecule has 2 unspecified atom stereocenters. The van der Waals surface area contributed by atoms with Crippen LogP contribution in [-0.2, 0) is 4.74 Å². The first kappa shape index (κ1) is 15.1. The molecule has 2 rings (SSSR count). The summed E-state index contributed by atoms with van der Waals surface area (Å²) >= 11 is 0. The Kier molecular flexibility index (Phi) is 3.94. The minimum atomic E-state index is -2.83. The zero-order valence-electron chi connectivity index (χ0n) is 12.4. The highest BCUT2D eigenvalue weighted by Gasteiger charge is 2.59. The van der Waals surface area contributed by atoms with E-state index in [9.17, 15) is 8.78 Å². The Morgan fingerprint density at radius 3 is 2.25 bits per heavy atom. The van der Waals surface area contributed by atoms with Crippen LogP contribution in [0.2, 0.25) is 0 Å². The smallest absolute Gasteiger partial charge is 0.387 e. The summed E-state index contributed by atoms with van der Waals surface area (Å²) in [5.74, 6) is 2.26. The minimum Gasteiger partial charge on any atom is -0.435 e. The molecule has 0 aromatic rings. The molecule has 0 N–H and O–H groups in total. The van der Waals surface area contributed by atoms with Gasteiger partial charge in [-0.2, -0.15) is 8.78 Å². The lowest BCUT2D eigenvalue weighted by Crippen LogP contribution is -2.26. The maximum absolute atomic E-state index is 12.2. The van der Waals surface area contributed by atoms with Crippen molar-refractivity contribution in [3.8, 4) is 0 Å². The first-order valence-electron chi connectivity index (χ1n) is 6.97. The Balaban J connectivity index is 1.91. The number of nitrogens with zero attached hydrogens (tertiary/aromatic N) is 1. The van der Waals surface area contributed by atoms with Gasteiger partial charge in [-0.25, -0.2) is 0 Å². The van der Waals surface area contributed by atoms with Crippen LogP contribution in [0.25, 0.3) is 0 Å². The van der Waals surface area contributed by atoms with E-state index in [2.05, 4.69) is 43.6 Å². The second kappa shape index (κ2) is 5.23. The van der Waals surface area contributed by atoms with Crippen molar-refractivity contribution in [2.24, 2.45) is 23.2 Å². The van der Waals surface area contributed by atoms with Crippen LogP contribution in [0, 0.1) is 23.2 Å². The quantitative estimate of drug-likeness (QED) is 0.558. The van der Waals surface area contributed by atoms with E-state index in [1.165, 1.54) is 12.2 Å². The lowest BCUT2D eigenvalue weighted by Gasteiger charge is -2.27. The Hall–Kier alpha value is -1.32.